The van der Waals surface area contributed by atoms with Gasteiger partial charge >= 0.3 is 6.36 Å². The van der Waals surface area contributed by atoms with Gasteiger partial charge in [-0.3, -0.25) is 0 Å². The summed E-state index contributed by atoms with van der Waals surface area (Å²) in [7, 11) is 0. The first kappa shape index (κ1) is 12.7. The van der Waals surface area contributed by atoms with Crippen molar-refractivity contribution in [3.8, 4) is 23.8 Å². The highest BCUT2D eigenvalue weighted by molar-refractivity contribution is 9.10. The molecule has 0 spiro atoms. The average molecular weight is 295 g/mol. The van der Waals surface area contributed by atoms with Gasteiger partial charge in [0.15, 0.2) is 11.5 Å². The van der Waals surface area contributed by atoms with Gasteiger partial charge in [0.1, 0.15) is 6.61 Å². The molecule has 0 saturated carbocycles. The number of benzene rings is 1. The molecular formula is C10H6BrF3O2. The average Bonchev–Trinajstić information content (AvgIpc) is 2.16. The van der Waals surface area contributed by atoms with Crippen molar-refractivity contribution in [2.45, 2.75) is 6.36 Å². The van der Waals surface area contributed by atoms with E-state index >= 15 is 0 Å². The second-order valence-electron chi connectivity index (χ2n) is 2.63. The zero-order valence-electron chi connectivity index (χ0n) is 7.84. The van der Waals surface area contributed by atoms with Gasteiger partial charge in [-0.1, -0.05) is 21.9 Å². The molecule has 0 bridgehead atoms. The molecule has 0 amide bonds. The Balaban J connectivity index is 2.94. The summed E-state index contributed by atoms with van der Waals surface area (Å²) in [4.78, 5) is 0. The minimum atomic E-state index is -4.76. The summed E-state index contributed by atoms with van der Waals surface area (Å²) in [5, 5.41) is 0. The highest BCUT2D eigenvalue weighted by atomic mass is 79.9. The van der Waals surface area contributed by atoms with Gasteiger partial charge in [0.2, 0.25) is 0 Å². The lowest BCUT2D eigenvalue weighted by Crippen LogP contribution is -2.17. The van der Waals surface area contributed by atoms with E-state index < -0.39 is 12.1 Å². The van der Waals surface area contributed by atoms with Crippen LogP contribution in [0.4, 0.5) is 13.2 Å². The topological polar surface area (TPSA) is 18.5 Å². The van der Waals surface area contributed by atoms with E-state index in [1.165, 1.54) is 12.1 Å². The largest absolute Gasteiger partial charge is 0.573 e. The Bertz CT molecular complexity index is 410. The minimum Gasteiger partial charge on any atom is -0.477 e. The van der Waals surface area contributed by atoms with Gasteiger partial charge in [0.05, 0.1) is 0 Å². The molecule has 0 radical (unpaired) electrons. The molecule has 0 aliphatic carbocycles. The van der Waals surface area contributed by atoms with E-state index in [0.717, 1.165) is 6.07 Å². The van der Waals surface area contributed by atoms with E-state index in [1.54, 1.807) is 0 Å². The summed E-state index contributed by atoms with van der Waals surface area (Å²) in [5.41, 5.74) is 0. The summed E-state index contributed by atoms with van der Waals surface area (Å²) in [5.74, 6) is 1.66. The third-order valence-corrected chi connectivity index (χ3v) is 1.94. The molecule has 0 atom stereocenters. The summed E-state index contributed by atoms with van der Waals surface area (Å²) in [6.45, 7) is -0.134. The molecule has 86 valence electrons. The second kappa shape index (κ2) is 5.12. The summed E-state index contributed by atoms with van der Waals surface area (Å²) in [6.07, 6.45) is 0.180. The van der Waals surface area contributed by atoms with E-state index in [0.29, 0.717) is 4.47 Å². The van der Waals surface area contributed by atoms with E-state index in [1.807, 2.05) is 0 Å². The maximum atomic E-state index is 12.0. The van der Waals surface area contributed by atoms with Crippen LogP contribution in [0, 0.1) is 12.3 Å². The number of hydrogen-bond donors (Lipinski definition) is 0. The van der Waals surface area contributed by atoms with Crippen LogP contribution in [0.15, 0.2) is 22.7 Å². The fraction of sp³-hybridized carbons (Fsp3) is 0.200. The van der Waals surface area contributed by atoms with Crippen molar-refractivity contribution in [1.29, 1.82) is 0 Å². The predicted octanol–water partition coefficient (Wildman–Crippen LogP) is 3.36. The molecule has 0 unspecified atom stereocenters. The zero-order valence-corrected chi connectivity index (χ0v) is 9.43. The van der Waals surface area contributed by atoms with Crippen LogP contribution in [-0.2, 0) is 0 Å². The second-order valence-corrected chi connectivity index (χ2v) is 3.55. The molecule has 0 heterocycles. The SMILES string of the molecule is C#CCOc1cc(Br)ccc1OC(F)(F)F. The first-order valence-corrected chi connectivity index (χ1v) is 4.83. The Hall–Kier alpha value is -1.35. The van der Waals surface area contributed by atoms with Crippen LogP contribution in [0.1, 0.15) is 0 Å². The smallest absolute Gasteiger partial charge is 0.477 e. The lowest BCUT2D eigenvalue weighted by Gasteiger charge is -2.13. The Kier molecular flexibility index (Phi) is 4.07. The third-order valence-electron chi connectivity index (χ3n) is 1.44. The quantitative estimate of drug-likeness (QED) is 0.796. The molecule has 1 aromatic rings. The van der Waals surface area contributed by atoms with Crippen molar-refractivity contribution in [2.75, 3.05) is 6.61 Å². The number of ether oxygens (including phenoxy) is 2. The van der Waals surface area contributed by atoms with Crippen LogP contribution in [0.5, 0.6) is 11.5 Å². The number of hydrogen-bond acceptors (Lipinski definition) is 2. The Morgan fingerprint density at radius 1 is 1.31 bits per heavy atom. The first-order valence-electron chi connectivity index (χ1n) is 4.04. The van der Waals surface area contributed by atoms with E-state index in [2.05, 4.69) is 26.6 Å². The maximum absolute atomic E-state index is 12.0. The fourth-order valence-corrected chi connectivity index (χ4v) is 1.26. The molecule has 0 aromatic heterocycles. The third kappa shape index (κ3) is 4.03. The van der Waals surface area contributed by atoms with Crippen molar-refractivity contribution in [2.24, 2.45) is 0 Å². The lowest BCUT2D eigenvalue weighted by molar-refractivity contribution is -0.275. The van der Waals surface area contributed by atoms with Crippen LogP contribution in [0.2, 0.25) is 0 Å². The summed E-state index contributed by atoms with van der Waals surface area (Å²) < 4.78 is 45.3. The Morgan fingerprint density at radius 3 is 2.56 bits per heavy atom. The van der Waals surface area contributed by atoms with Crippen LogP contribution in [0.3, 0.4) is 0 Å². The van der Waals surface area contributed by atoms with Gasteiger partial charge in [-0.2, -0.15) is 0 Å². The molecule has 0 aliphatic heterocycles. The van der Waals surface area contributed by atoms with Crippen molar-refractivity contribution >= 4 is 15.9 Å². The van der Waals surface area contributed by atoms with Gasteiger partial charge in [-0.15, -0.1) is 19.6 Å². The van der Waals surface area contributed by atoms with Crippen molar-refractivity contribution < 1.29 is 22.6 Å². The summed E-state index contributed by atoms with van der Waals surface area (Å²) in [6, 6.07) is 3.89. The van der Waals surface area contributed by atoms with Gasteiger partial charge < -0.3 is 9.47 Å². The monoisotopic (exact) mass is 294 g/mol. The van der Waals surface area contributed by atoms with Crippen LogP contribution < -0.4 is 9.47 Å². The van der Waals surface area contributed by atoms with Gasteiger partial charge in [0.25, 0.3) is 0 Å². The van der Waals surface area contributed by atoms with Crippen LogP contribution in [-0.4, -0.2) is 13.0 Å². The maximum Gasteiger partial charge on any atom is 0.573 e. The number of halogens is 4. The molecule has 0 fully saturated rings. The molecule has 0 aliphatic rings. The number of terminal acetylenes is 1. The molecule has 0 saturated heterocycles. The molecule has 1 rings (SSSR count). The van der Waals surface area contributed by atoms with E-state index in [-0.39, 0.29) is 12.4 Å². The zero-order chi connectivity index (χ0) is 12.2. The van der Waals surface area contributed by atoms with Crippen LogP contribution >= 0.6 is 15.9 Å². The standard InChI is InChI=1S/C10H6BrF3O2/c1-2-5-15-9-6-7(11)3-4-8(9)16-10(12,13)14/h1,3-4,6H,5H2. The Morgan fingerprint density at radius 2 is 2.00 bits per heavy atom. The predicted molar refractivity (Wildman–Crippen MR) is 55.2 cm³/mol. The summed E-state index contributed by atoms with van der Waals surface area (Å²) >= 11 is 3.10. The molecule has 0 N–H and O–H groups in total. The van der Waals surface area contributed by atoms with Gasteiger partial charge in [0, 0.05) is 4.47 Å². The minimum absolute atomic E-state index is 0.0651. The molecule has 16 heavy (non-hydrogen) atoms. The molecule has 2 nitrogen and oxygen atoms in total. The van der Waals surface area contributed by atoms with Crippen LogP contribution in [0.25, 0.3) is 0 Å². The van der Waals surface area contributed by atoms with Crippen molar-refractivity contribution in [1.82, 2.24) is 0 Å². The molecule has 6 heteroatoms. The Labute approximate surface area is 98.5 Å². The van der Waals surface area contributed by atoms with Crippen molar-refractivity contribution in [3.63, 3.8) is 0 Å². The highest BCUT2D eigenvalue weighted by Crippen LogP contribution is 2.34. The number of alkyl halides is 3. The first-order chi connectivity index (χ1) is 7.42. The normalized spacial score (nSPS) is 10.7. The lowest BCUT2D eigenvalue weighted by atomic mass is 10.3. The molecule has 1 aromatic carbocycles. The highest BCUT2D eigenvalue weighted by Gasteiger charge is 2.32. The van der Waals surface area contributed by atoms with E-state index in [4.69, 9.17) is 11.2 Å². The number of rotatable bonds is 3. The van der Waals surface area contributed by atoms with E-state index in [9.17, 15) is 13.2 Å². The van der Waals surface area contributed by atoms with Crippen molar-refractivity contribution in [3.05, 3.63) is 22.7 Å². The fourth-order valence-electron chi connectivity index (χ4n) is 0.923. The van der Waals surface area contributed by atoms with Gasteiger partial charge in [-0.25, -0.2) is 0 Å². The van der Waals surface area contributed by atoms with Gasteiger partial charge in [-0.05, 0) is 18.2 Å². The molecular weight excluding hydrogens is 289 g/mol.